The van der Waals surface area contributed by atoms with Crippen LogP contribution in [0.4, 0.5) is 0 Å². The Morgan fingerprint density at radius 3 is 2.61 bits per heavy atom. The van der Waals surface area contributed by atoms with E-state index in [4.69, 9.17) is 0 Å². The molecule has 0 radical (unpaired) electrons. The molecule has 3 aromatic rings. The fourth-order valence-electron chi connectivity index (χ4n) is 2.74. The van der Waals surface area contributed by atoms with Gasteiger partial charge in [0, 0.05) is 23.7 Å². The van der Waals surface area contributed by atoms with Crippen molar-refractivity contribution >= 4 is 40.3 Å². The largest absolute Gasteiger partial charge is 0.355 e. The molecule has 2 aromatic carbocycles. The third-order valence-electron chi connectivity index (χ3n) is 4.04. The fourth-order valence-corrected chi connectivity index (χ4v) is 4.38. The summed E-state index contributed by atoms with van der Waals surface area (Å²) in [5.41, 5.74) is 0.622. The van der Waals surface area contributed by atoms with Crippen LogP contribution in [0.3, 0.4) is 0 Å². The summed E-state index contributed by atoms with van der Waals surface area (Å²) in [7, 11) is 0. The maximum atomic E-state index is 12.7. The van der Waals surface area contributed by atoms with Gasteiger partial charge in [0.25, 0.3) is 5.56 Å². The zero-order valence-corrected chi connectivity index (χ0v) is 17.4. The van der Waals surface area contributed by atoms with Crippen LogP contribution >= 0.6 is 23.5 Å². The molecule has 0 spiro atoms. The first-order valence-corrected chi connectivity index (χ1v) is 11.2. The lowest BCUT2D eigenvalue weighted by molar-refractivity contribution is -0.118. The molecule has 0 saturated carbocycles. The quantitative estimate of drug-likeness (QED) is 0.328. The molecule has 0 saturated heterocycles. The first kappa shape index (κ1) is 20.5. The summed E-state index contributed by atoms with van der Waals surface area (Å²) in [6, 6.07) is 17.4. The Morgan fingerprint density at radius 2 is 1.82 bits per heavy atom. The van der Waals surface area contributed by atoms with Crippen LogP contribution in [-0.2, 0) is 11.3 Å². The minimum Gasteiger partial charge on any atom is -0.355 e. The van der Waals surface area contributed by atoms with Crippen molar-refractivity contribution in [3.05, 3.63) is 65.0 Å². The molecule has 1 aromatic heterocycles. The molecule has 0 bridgehead atoms. The first-order chi connectivity index (χ1) is 13.7. The molecular weight excluding hydrogens is 390 g/mol. The normalized spacial score (nSPS) is 10.9. The summed E-state index contributed by atoms with van der Waals surface area (Å²) >= 11 is 3.02. The van der Waals surface area contributed by atoms with Crippen molar-refractivity contribution in [3.8, 4) is 0 Å². The zero-order valence-electron chi connectivity index (χ0n) is 15.8. The summed E-state index contributed by atoms with van der Waals surface area (Å²) in [6.45, 7) is 3.22. The first-order valence-electron chi connectivity index (χ1n) is 9.26. The number of carbonyl (C=O) groups is 1. The van der Waals surface area contributed by atoms with E-state index < -0.39 is 0 Å². The van der Waals surface area contributed by atoms with Gasteiger partial charge >= 0.3 is 0 Å². The molecule has 0 fully saturated rings. The van der Waals surface area contributed by atoms with Gasteiger partial charge in [-0.1, -0.05) is 49.0 Å². The number of benzene rings is 2. The third-order valence-corrected chi connectivity index (χ3v) is 6.03. The van der Waals surface area contributed by atoms with Crippen molar-refractivity contribution in [1.82, 2.24) is 14.9 Å². The standard InChI is InChI=1S/C21H23N3O2S2/c1-2-13-24-20(26)17-10-6-7-11-18(17)23-21(24)28-15-19(25)22-12-14-27-16-8-4-3-5-9-16/h3-11H,2,12-15H2,1H3,(H,22,25). The second-order valence-electron chi connectivity index (χ2n) is 6.17. The van der Waals surface area contributed by atoms with Crippen molar-refractivity contribution in [1.29, 1.82) is 0 Å². The van der Waals surface area contributed by atoms with E-state index in [2.05, 4.69) is 22.4 Å². The van der Waals surface area contributed by atoms with Crippen LogP contribution in [0, 0.1) is 0 Å². The highest BCUT2D eigenvalue weighted by molar-refractivity contribution is 7.99. The van der Waals surface area contributed by atoms with Crippen LogP contribution < -0.4 is 10.9 Å². The summed E-state index contributed by atoms with van der Waals surface area (Å²) in [5, 5.41) is 4.14. The van der Waals surface area contributed by atoms with E-state index >= 15 is 0 Å². The molecule has 0 unspecified atom stereocenters. The Balaban J connectivity index is 1.57. The smallest absolute Gasteiger partial charge is 0.262 e. The molecule has 146 valence electrons. The minimum absolute atomic E-state index is 0.0466. The van der Waals surface area contributed by atoms with E-state index in [0.29, 0.717) is 29.1 Å². The molecule has 1 heterocycles. The van der Waals surface area contributed by atoms with Crippen LogP contribution in [0.25, 0.3) is 10.9 Å². The van der Waals surface area contributed by atoms with Crippen LogP contribution in [0.1, 0.15) is 13.3 Å². The van der Waals surface area contributed by atoms with E-state index in [-0.39, 0.29) is 17.2 Å². The number of hydrogen-bond acceptors (Lipinski definition) is 5. The predicted octanol–water partition coefficient (Wildman–Crippen LogP) is 3.81. The van der Waals surface area contributed by atoms with Crippen molar-refractivity contribution in [2.75, 3.05) is 18.1 Å². The molecular formula is C21H23N3O2S2. The molecule has 0 aliphatic heterocycles. The number of aromatic nitrogens is 2. The van der Waals surface area contributed by atoms with Gasteiger partial charge in [0.2, 0.25) is 5.91 Å². The summed E-state index contributed by atoms with van der Waals surface area (Å²) in [4.78, 5) is 30.7. The van der Waals surface area contributed by atoms with Crippen molar-refractivity contribution in [2.45, 2.75) is 29.9 Å². The summed E-state index contributed by atoms with van der Waals surface area (Å²) in [6.07, 6.45) is 0.830. The monoisotopic (exact) mass is 413 g/mol. The number of carbonyl (C=O) groups excluding carboxylic acids is 1. The molecule has 0 aliphatic carbocycles. The lowest BCUT2D eigenvalue weighted by Crippen LogP contribution is -2.28. The molecule has 28 heavy (non-hydrogen) atoms. The van der Waals surface area contributed by atoms with Crippen molar-refractivity contribution in [3.63, 3.8) is 0 Å². The molecule has 0 atom stereocenters. The van der Waals surface area contributed by atoms with Crippen LogP contribution in [-0.4, -0.2) is 33.5 Å². The average molecular weight is 414 g/mol. The number of nitrogens with one attached hydrogen (secondary N) is 1. The predicted molar refractivity (Wildman–Crippen MR) is 117 cm³/mol. The van der Waals surface area contributed by atoms with Gasteiger partial charge in [0.15, 0.2) is 5.16 Å². The number of fused-ring (bicyclic) bond motifs is 1. The average Bonchev–Trinajstić information content (AvgIpc) is 2.73. The lowest BCUT2D eigenvalue weighted by Gasteiger charge is -2.12. The van der Waals surface area contributed by atoms with E-state index in [1.54, 1.807) is 22.4 Å². The van der Waals surface area contributed by atoms with Gasteiger partial charge in [-0.3, -0.25) is 14.2 Å². The van der Waals surface area contributed by atoms with E-state index in [1.807, 2.05) is 43.3 Å². The summed E-state index contributed by atoms with van der Waals surface area (Å²) in [5.74, 6) is 1.00. The molecule has 0 aliphatic rings. The van der Waals surface area contributed by atoms with Gasteiger partial charge in [-0.05, 0) is 30.7 Å². The second kappa shape index (κ2) is 10.3. The number of para-hydroxylation sites is 1. The van der Waals surface area contributed by atoms with Crippen molar-refractivity contribution < 1.29 is 4.79 Å². The van der Waals surface area contributed by atoms with Crippen LogP contribution in [0.15, 0.2) is 69.4 Å². The van der Waals surface area contributed by atoms with Gasteiger partial charge in [-0.15, -0.1) is 11.8 Å². The highest BCUT2D eigenvalue weighted by Gasteiger charge is 2.12. The van der Waals surface area contributed by atoms with E-state index in [1.165, 1.54) is 16.7 Å². The maximum absolute atomic E-state index is 12.7. The SMILES string of the molecule is CCCn1c(SCC(=O)NCCSc2ccccc2)nc2ccccc2c1=O. The molecule has 7 heteroatoms. The van der Waals surface area contributed by atoms with Crippen LogP contribution in [0.5, 0.6) is 0 Å². The fraction of sp³-hybridized carbons (Fsp3) is 0.286. The molecule has 1 amide bonds. The Labute approximate surface area is 172 Å². The Hall–Kier alpha value is -2.25. The van der Waals surface area contributed by atoms with Gasteiger partial charge in [-0.2, -0.15) is 0 Å². The number of hydrogen-bond donors (Lipinski definition) is 1. The number of thioether (sulfide) groups is 2. The lowest BCUT2D eigenvalue weighted by atomic mass is 10.2. The number of amides is 1. The Morgan fingerprint density at radius 1 is 1.07 bits per heavy atom. The van der Waals surface area contributed by atoms with Crippen LogP contribution in [0.2, 0.25) is 0 Å². The van der Waals surface area contributed by atoms with E-state index in [9.17, 15) is 9.59 Å². The molecule has 1 N–H and O–H groups in total. The number of rotatable bonds is 9. The Kier molecular flexibility index (Phi) is 7.56. The van der Waals surface area contributed by atoms with Gasteiger partial charge in [0.1, 0.15) is 0 Å². The number of nitrogens with zero attached hydrogens (tertiary/aromatic N) is 2. The third kappa shape index (κ3) is 5.39. The zero-order chi connectivity index (χ0) is 19.8. The van der Waals surface area contributed by atoms with Gasteiger partial charge < -0.3 is 5.32 Å². The molecule has 5 nitrogen and oxygen atoms in total. The van der Waals surface area contributed by atoms with Crippen molar-refractivity contribution in [2.24, 2.45) is 0 Å². The molecule has 3 rings (SSSR count). The topological polar surface area (TPSA) is 64.0 Å². The van der Waals surface area contributed by atoms with Gasteiger partial charge in [0.05, 0.1) is 16.7 Å². The van der Waals surface area contributed by atoms with E-state index in [0.717, 1.165) is 12.2 Å². The maximum Gasteiger partial charge on any atom is 0.262 e. The minimum atomic E-state index is -0.0517. The summed E-state index contributed by atoms with van der Waals surface area (Å²) < 4.78 is 1.67. The second-order valence-corrected chi connectivity index (χ2v) is 8.28. The highest BCUT2D eigenvalue weighted by atomic mass is 32.2. The Bertz CT molecular complexity index is 990. The highest BCUT2D eigenvalue weighted by Crippen LogP contribution is 2.18. The van der Waals surface area contributed by atoms with Gasteiger partial charge in [-0.25, -0.2) is 4.98 Å².